The van der Waals surface area contributed by atoms with Crippen molar-refractivity contribution < 1.29 is 23.7 Å². The summed E-state index contributed by atoms with van der Waals surface area (Å²) in [6.45, 7) is 8.25. The molecule has 218 valence electrons. The number of hydrogen-bond acceptors (Lipinski definition) is 7. The third-order valence-electron chi connectivity index (χ3n) is 8.32. The minimum absolute atomic E-state index is 0.560. The van der Waals surface area contributed by atoms with Gasteiger partial charge in [0.25, 0.3) is 0 Å². The minimum atomic E-state index is 0.560. The van der Waals surface area contributed by atoms with Gasteiger partial charge in [-0.2, -0.15) is 0 Å². The van der Waals surface area contributed by atoms with E-state index in [1.807, 2.05) is 0 Å². The maximum absolute atomic E-state index is 8.25. The van der Waals surface area contributed by atoms with E-state index in [1.165, 1.54) is 0 Å². The fraction of sp³-hybridized carbons (Fsp3) is 0.111. The summed E-state index contributed by atoms with van der Waals surface area (Å²) in [6.07, 6.45) is 0. The van der Waals surface area contributed by atoms with Crippen LogP contribution in [0.3, 0.4) is 0 Å². The van der Waals surface area contributed by atoms with E-state index in [0.29, 0.717) is 45.9 Å². The SMILES string of the molecule is Cc1ccc2c(c1)-c1nc-2nc2[n-]c(nc3nc(nc4[n-]c(n1)c1ccc(C)cc41)-c1ccc(C)cc1-3)c1ccc(C)cc21.[O]=[Ti+2]. The van der Waals surface area contributed by atoms with Gasteiger partial charge in [0.1, 0.15) is 0 Å². The van der Waals surface area contributed by atoms with Crippen molar-refractivity contribution in [1.82, 2.24) is 39.9 Å². The summed E-state index contributed by atoms with van der Waals surface area (Å²) in [5, 5.41) is 3.63. The topological polar surface area (TPSA) is 123 Å². The van der Waals surface area contributed by atoms with E-state index >= 15 is 0 Å². The Labute approximate surface area is 275 Å². The molecule has 0 spiro atoms. The normalized spacial score (nSPS) is 11.7. The second kappa shape index (κ2) is 10.7. The van der Waals surface area contributed by atoms with Crippen LogP contribution in [0.1, 0.15) is 22.3 Å². The summed E-state index contributed by atoms with van der Waals surface area (Å²) in [5.41, 5.74) is 10.3. The van der Waals surface area contributed by atoms with Crippen molar-refractivity contribution in [3.05, 3.63) is 95.1 Å². The van der Waals surface area contributed by atoms with Gasteiger partial charge in [-0.05, 0) is 61.4 Å². The molecule has 7 aromatic rings. The van der Waals surface area contributed by atoms with E-state index in [2.05, 4.69) is 100 Å². The van der Waals surface area contributed by atoms with Crippen LogP contribution in [0.15, 0.2) is 72.8 Å². The van der Waals surface area contributed by atoms with Crippen molar-refractivity contribution in [2.75, 3.05) is 0 Å². The Hall–Kier alpha value is -5.25. The predicted octanol–water partition coefficient (Wildman–Crippen LogP) is 7.24. The van der Waals surface area contributed by atoms with Gasteiger partial charge in [0.15, 0.2) is 0 Å². The quantitative estimate of drug-likeness (QED) is 0.159. The molecule has 0 unspecified atom stereocenters. The number of fused-ring (bicyclic) bond motifs is 20. The van der Waals surface area contributed by atoms with Gasteiger partial charge in [-0.1, -0.05) is 82.9 Å². The van der Waals surface area contributed by atoms with Gasteiger partial charge in [-0.15, -0.1) is 0 Å². The van der Waals surface area contributed by atoms with E-state index in [9.17, 15) is 0 Å². The molecule has 5 heterocycles. The molecule has 3 aromatic heterocycles. The molecule has 0 radical (unpaired) electrons. The van der Waals surface area contributed by atoms with Gasteiger partial charge in [0.2, 0.25) is 0 Å². The van der Waals surface area contributed by atoms with Gasteiger partial charge in [-0.25, -0.2) is 9.97 Å². The van der Waals surface area contributed by atoms with Crippen LogP contribution < -0.4 is 9.97 Å². The zero-order valence-corrected chi connectivity index (χ0v) is 27.0. The first kappa shape index (κ1) is 28.2. The molecular weight excluding hydrogens is 608 g/mol. The van der Waals surface area contributed by atoms with Gasteiger partial charge in [-0.3, -0.25) is 0 Å². The molecule has 0 saturated carbocycles. The molecule has 0 aliphatic carbocycles. The van der Waals surface area contributed by atoms with E-state index in [-0.39, 0.29) is 0 Å². The Morgan fingerprint density at radius 1 is 0.391 bits per heavy atom. The molecule has 46 heavy (non-hydrogen) atoms. The Morgan fingerprint density at radius 3 is 1.13 bits per heavy atom. The monoisotopic (exact) mass is 632 g/mol. The second-order valence-corrected chi connectivity index (χ2v) is 11.7. The van der Waals surface area contributed by atoms with E-state index in [1.54, 1.807) is 0 Å². The Kier molecular flexibility index (Phi) is 6.56. The van der Waals surface area contributed by atoms with E-state index in [4.69, 9.17) is 43.2 Å². The molecule has 10 heteroatoms. The van der Waals surface area contributed by atoms with Crippen LogP contribution in [0.5, 0.6) is 0 Å². The fourth-order valence-corrected chi connectivity index (χ4v) is 6.12. The molecular formula is C36H24N8OTi. The third kappa shape index (κ3) is 4.50. The summed E-state index contributed by atoms with van der Waals surface area (Å²) in [7, 11) is 0. The van der Waals surface area contributed by atoms with Crippen LogP contribution in [0.4, 0.5) is 0 Å². The standard InChI is InChI=1S/C36H24N8.O.Ti/c1-17-5-9-21-25(13-17)33-37-29(21)42-34-27-15-19(3)7-11-23(27)31(39-34)44-36-28-16-20(4)8-12-24(28)32(40-36)43-35-26-14-18(2)6-10-22(26)30(38-35)41-33;;/h5-16H,1-4H3;;/q-2;;+2. The molecule has 0 N–H and O–H groups in total. The average Bonchev–Trinajstić information content (AvgIpc) is 3.76. The molecule has 9 nitrogen and oxygen atoms in total. The van der Waals surface area contributed by atoms with Crippen LogP contribution >= 0.6 is 0 Å². The molecule has 4 aromatic carbocycles. The summed E-state index contributed by atoms with van der Waals surface area (Å²) in [6, 6.07) is 24.9. The van der Waals surface area contributed by atoms with Crippen LogP contribution in [0.2, 0.25) is 0 Å². The first-order valence-electron chi connectivity index (χ1n) is 14.7. The molecule has 9 rings (SSSR count). The molecule has 0 amide bonds. The van der Waals surface area contributed by atoms with Crippen LogP contribution in [-0.2, 0) is 23.7 Å². The van der Waals surface area contributed by atoms with Crippen molar-refractivity contribution in [2.45, 2.75) is 27.7 Å². The molecule has 0 fully saturated rings. The molecule has 2 aliphatic rings. The summed E-state index contributed by atoms with van der Waals surface area (Å²) < 4.78 is 8.25. The number of benzene rings is 4. The van der Waals surface area contributed by atoms with Gasteiger partial charge >= 0.3 is 23.7 Å². The number of aryl methyl sites for hydroxylation is 4. The first-order chi connectivity index (χ1) is 22.4. The van der Waals surface area contributed by atoms with E-state index in [0.717, 1.165) is 86.5 Å². The summed E-state index contributed by atoms with van der Waals surface area (Å²) >= 11 is 0.750. The van der Waals surface area contributed by atoms with Gasteiger partial charge in [0.05, 0.1) is 23.3 Å². The summed E-state index contributed by atoms with van der Waals surface area (Å²) in [5.74, 6) is 2.25. The third-order valence-corrected chi connectivity index (χ3v) is 8.32. The molecule has 0 atom stereocenters. The first-order valence-corrected chi connectivity index (χ1v) is 15.4. The number of nitrogens with zero attached hydrogens (tertiary/aromatic N) is 8. The molecule has 2 aliphatic heterocycles. The Bertz CT molecular complexity index is 2410. The number of rotatable bonds is 0. The van der Waals surface area contributed by atoms with Crippen LogP contribution in [0.25, 0.3) is 89.7 Å². The predicted molar refractivity (Wildman–Crippen MR) is 174 cm³/mol. The van der Waals surface area contributed by atoms with Crippen LogP contribution in [-0.4, -0.2) is 29.9 Å². The van der Waals surface area contributed by atoms with Gasteiger partial charge in [0, 0.05) is 44.8 Å². The van der Waals surface area contributed by atoms with Crippen molar-refractivity contribution in [1.29, 1.82) is 0 Å². The second-order valence-electron chi connectivity index (χ2n) is 11.7. The number of hydrogen-bond donors (Lipinski definition) is 0. The Morgan fingerprint density at radius 2 is 0.717 bits per heavy atom. The average molecular weight is 633 g/mol. The van der Waals surface area contributed by atoms with Crippen molar-refractivity contribution in [3.8, 4) is 45.6 Å². The molecule has 8 bridgehead atoms. The Balaban J connectivity index is 0.00000153. The van der Waals surface area contributed by atoms with Crippen molar-refractivity contribution >= 4 is 44.1 Å². The fourth-order valence-electron chi connectivity index (χ4n) is 6.12. The maximum atomic E-state index is 8.25. The van der Waals surface area contributed by atoms with Crippen molar-refractivity contribution in [3.63, 3.8) is 0 Å². The zero-order chi connectivity index (χ0) is 31.7. The summed E-state index contributed by atoms with van der Waals surface area (Å²) in [4.78, 5) is 40.0. The molecule has 0 saturated heterocycles. The van der Waals surface area contributed by atoms with E-state index < -0.39 is 0 Å². The number of aromatic nitrogens is 8. The zero-order valence-electron chi connectivity index (χ0n) is 25.4. The van der Waals surface area contributed by atoms with Gasteiger partial charge < -0.3 is 29.9 Å². The van der Waals surface area contributed by atoms with Crippen molar-refractivity contribution in [2.24, 2.45) is 0 Å². The van der Waals surface area contributed by atoms with Crippen LogP contribution in [0, 0.1) is 27.7 Å².